The molecule has 2 aromatic heterocycles. The summed E-state index contributed by atoms with van der Waals surface area (Å²) in [4.78, 5) is 14.9. The minimum atomic E-state index is 0.0259. The highest BCUT2D eigenvalue weighted by Crippen LogP contribution is 2.25. The van der Waals surface area contributed by atoms with Gasteiger partial charge in [0, 0.05) is 5.70 Å². The lowest BCUT2D eigenvalue weighted by Gasteiger charge is -2.27. The molecule has 0 aliphatic heterocycles. The molecule has 0 unspecified atom stereocenters. The van der Waals surface area contributed by atoms with Crippen molar-refractivity contribution in [2.24, 2.45) is 0 Å². The maximum atomic E-state index is 13.1. The number of carbonyl (C=O) groups is 1. The zero-order valence-electron chi connectivity index (χ0n) is 16.3. The number of allylic oxidation sites excluding steroid dienone is 2. The summed E-state index contributed by atoms with van der Waals surface area (Å²) in [7, 11) is 0. The summed E-state index contributed by atoms with van der Waals surface area (Å²) in [6.07, 6.45) is 8.01. The van der Waals surface area contributed by atoms with E-state index in [1.54, 1.807) is 10.9 Å². The van der Waals surface area contributed by atoms with E-state index < -0.39 is 0 Å². The first-order valence-corrected chi connectivity index (χ1v) is 10.7. The molecule has 0 radical (unpaired) electrons. The fourth-order valence-electron chi connectivity index (χ4n) is 3.30. The summed E-state index contributed by atoms with van der Waals surface area (Å²) in [6, 6.07) is 11.7. The van der Waals surface area contributed by atoms with Crippen LogP contribution in [0, 0.1) is 6.92 Å². The van der Waals surface area contributed by atoms with Crippen molar-refractivity contribution in [3.8, 4) is 5.69 Å². The molecule has 0 spiro atoms. The molecule has 0 bridgehead atoms. The number of hydrogen-bond acceptors (Lipinski definition) is 6. The number of furan rings is 1. The first-order valence-electron chi connectivity index (χ1n) is 9.71. The number of aryl methyl sites for hydroxylation is 1. The highest BCUT2D eigenvalue weighted by Gasteiger charge is 2.22. The molecule has 0 N–H and O–H groups in total. The Hall–Kier alpha value is -2.87. The van der Waals surface area contributed by atoms with Crippen molar-refractivity contribution < 1.29 is 9.21 Å². The number of thioether (sulfide) groups is 1. The van der Waals surface area contributed by atoms with Crippen LogP contribution in [0.3, 0.4) is 0 Å². The van der Waals surface area contributed by atoms with Gasteiger partial charge in [-0.1, -0.05) is 35.5 Å². The molecule has 4 rings (SSSR count). The van der Waals surface area contributed by atoms with Gasteiger partial charge in [-0.05, 0) is 67.3 Å². The zero-order valence-corrected chi connectivity index (χ0v) is 17.1. The molecular formula is C21H23N5O2S. The van der Waals surface area contributed by atoms with Crippen LogP contribution < -0.4 is 0 Å². The average Bonchev–Trinajstić information content (AvgIpc) is 3.43. The van der Waals surface area contributed by atoms with Crippen LogP contribution in [0.1, 0.15) is 37.0 Å². The molecule has 1 aliphatic carbocycles. The highest BCUT2D eigenvalue weighted by atomic mass is 32.2. The fraction of sp³-hybridized carbons (Fsp3) is 0.333. The molecule has 1 amide bonds. The van der Waals surface area contributed by atoms with Crippen LogP contribution in [-0.4, -0.2) is 36.8 Å². The fourth-order valence-corrected chi connectivity index (χ4v) is 4.06. The van der Waals surface area contributed by atoms with Gasteiger partial charge in [0.25, 0.3) is 0 Å². The minimum Gasteiger partial charge on any atom is -0.467 e. The van der Waals surface area contributed by atoms with E-state index >= 15 is 0 Å². The minimum absolute atomic E-state index is 0.0259. The molecule has 8 heteroatoms. The third-order valence-electron chi connectivity index (χ3n) is 4.85. The molecule has 1 aromatic carbocycles. The number of tetrazole rings is 1. The number of amides is 1. The highest BCUT2D eigenvalue weighted by molar-refractivity contribution is 7.99. The molecule has 29 heavy (non-hydrogen) atoms. The second kappa shape index (κ2) is 9.09. The molecule has 0 saturated heterocycles. The number of carbonyl (C=O) groups excluding carboxylic acids is 1. The lowest BCUT2D eigenvalue weighted by atomic mass is 10.0. The Balaban J connectivity index is 1.48. The van der Waals surface area contributed by atoms with Gasteiger partial charge in [-0.25, -0.2) is 0 Å². The zero-order chi connectivity index (χ0) is 20.1. The standard InChI is InChI=1S/C21H23N5O2S/c1-16-9-11-18(12-10-16)26-21(22-23-24-26)29-15-20(27)25(14-19-8-5-13-28-19)17-6-3-2-4-7-17/h5-6,8-13H,2-4,7,14-15H2,1H3. The van der Waals surface area contributed by atoms with E-state index in [4.69, 9.17) is 4.42 Å². The molecule has 0 saturated carbocycles. The number of benzene rings is 1. The normalized spacial score (nSPS) is 13.9. The molecule has 7 nitrogen and oxygen atoms in total. The Kier molecular flexibility index (Phi) is 6.09. The van der Waals surface area contributed by atoms with E-state index in [0.29, 0.717) is 11.7 Å². The summed E-state index contributed by atoms with van der Waals surface area (Å²) < 4.78 is 7.14. The lowest BCUT2D eigenvalue weighted by Crippen LogP contribution is -2.32. The van der Waals surface area contributed by atoms with Gasteiger partial charge in [-0.15, -0.1) is 5.10 Å². The lowest BCUT2D eigenvalue weighted by molar-refractivity contribution is -0.127. The monoisotopic (exact) mass is 409 g/mol. The Morgan fingerprint density at radius 2 is 2.10 bits per heavy atom. The van der Waals surface area contributed by atoms with Gasteiger partial charge >= 0.3 is 0 Å². The van der Waals surface area contributed by atoms with Crippen molar-refractivity contribution >= 4 is 17.7 Å². The molecule has 2 heterocycles. The first-order chi connectivity index (χ1) is 14.2. The van der Waals surface area contributed by atoms with Gasteiger partial charge in [-0.3, -0.25) is 4.79 Å². The van der Waals surface area contributed by atoms with Gasteiger partial charge in [0.05, 0.1) is 24.2 Å². The predicted octanol–water partition coefficient (Wildman–Crippen LogP) is 4.14. The number of aromatic nitrogens is 4. The van der Waals surface area contributed by atoms with E-state index in [1.165, 1.54) is 23.7 Å². The summed E-state index contributed by atoms with van der Waals surface area (Å²) in [6.45, 7) is 2.48. The Morgan fingerprint density at radius 3 is 2.83 bits per heavy atom. The van der Waals surface area contributed by atoms with E-state index in [9.17, 15) is 4.79 Å². The van der Waals surface area contributed by atoms with Crippen molar-refractivity contribution in [1.29, 1.82) is 0 Å². The van der Waals surface area contributed by atoms with Crippen molar-refractivity contribution in [1.82, 2.24) is 25.1 Å². The summed E-state index contributed by atoms with van der Waals surface area (Å²) >= 11 is 1.34. The van der Waals surface area contributed by atoms with Crippen molar-refractivity contribution in [2.75, 3.05) is 5.75 Å². The van der Waals surface area contributed by atoms with E-state index in [0.717, 1.165) is 36.4 Å². The van der Waals surface area contributed by atoms with Crippen LogP contribution in [-0.2, 0) is 11.3 Å². The molecular weight excluding hydrogens is 386 g/mol. The SMILES string of the molecule is Cc1ccc(-n2nnnc2SCC(=O)N(Cc2ccco2)C2=CCCCC2)cc1. The quantitative estimate of drug-likeness (QED) is 0.546. The van der Waals surface area contributed by atoms with Crippen LogP contribution >= 0.6 is 11.8 Å². The second-order valence-electron chi connectivity index (χ2n) is 7.00. The van der Waals surface area contributed by atoms with E-state index in [1.807, 2.05) is 48.2 Å². The summed E-state index contributed by atoms with van der Waals surface area (Å²) in [5.41, 5.74) is 3.12. The third kappa shape index (κ3) is 4.76. The number of rotatable bonds is 7. The van der Waals surface area contributed by atoms with Gasteiger partial charge in [-0.2, -0.15) is 4.68 Å². The topological polar surface area (TPSA) is 77.1 Å². The summed E-state index contributed by atoms with van der Waals surface area (Å²) in [5, 5.41) is 12.5. The maximum Gasteiger partial charge on any atom is 0.237 e. The Bertz CT molecular complexity index is 979. The third-order valence-corrected chi connectivity index (χ3v) is 5.76. The van der Waals surface area contributed by atoms with Gasteiger partial charge in [0.15, 0.2) is 0 Å². The molecule has 1 aliphatic rings. The number of hydrogen-bond donors (Lipinski definition) is 0. The smallest absolute Gasteiger partial charge is 0.237 e. The van der Waals surface area contributed by atoms with E-state index in [-0.39, 0.29) is 11.7 Å². The molecule has 0 fully saturated rings. The Labute approximate surface area is 173 Å². The van der Waals surface area contributed by atoms with Crippen LogP contribution in [0.25, 0.3) is 5.69 Å². The maximum absolute atomic E-state index is 13.1. The van der Waals surface area contributed by atoms with Crippen LogP contribution in [0.2, 0.25) is 0 Å². The van der Waals surface area contributed by atoms with Crippen LogP contribution in [0.5, 0.6) is 0 Å². The molecule has 150 valence electrons. The summed E-state index contributed by atoms with van der Waals surface area (Å²) in [5.74, 6) is 1.06. The Morgan fingerprint density at radius 1 is 1.24 bits per heavy atom. The van der Waals surface area contributed by atoms with Gasteiger partial charge < -0.3 is 9.32 Å². The molecule has 0 atom stereocenters. The van der Waals surface area contributed by atoms with Crippen molar-refractivity contribution in [3.63, 3.8) is 0 Å². The first kappa shape index (κ1) is 19.4. The average molecular weight is 410 g/mol. The van der Waals surface area contributed by atoms with Gasteiger partial charge in [0.2, 0.25) is 11.1 Å². The predicted molar refractivity (Wildman–Crippen MR) is 110 cm³/mol. The largest absolute Gasteiger partial charge is 0.467 e. The second-order valence-corrected chi connectivity index (χ2v) is 7.94. The van der Waals surface area contributed by atoms with Crippen molar-refractivity contribution in [3.05, 3.63) is 65.8 Å². The number of nitrogens with zero attached hydrogens (tertiary/aromatic N) is 5. The van der Waals surface area contributed by atoms with Crippen LogP contribution in [0.15, 0.2) is 64.0 Å². The molecule has 3 aromatic rings. The van der Waals surface area contributed by atoms with Crippen LogP contribution in [0.4, 0.5) is 0 Å². The van der Waals surface area contributed by atoms with Gasteiger partial charge in [0.1, 0.15) is 5.76 Å². The van der Waals surface area contributed by atoms with E-state index in [2.05, 4.69) is 21.6 Å². The van der Waals surface area contributed by atoms with Crippen molar-refractivity contribution in [2.45, 2.75) is 44.3 Å².